The van der Waals surface area contributed by atoms with Gasteiger partial charge in [-0.15, -0.1) is 0 Å². The molecule has 0 N–H and O–H groups in total. The predicted molar refractivity (Wildman–Crippen MR) is 112 cm³/mol. The average Bonchev–Trinajstić information content (AvgIpc) is 2.71. The smallest absolute Gasteiger partial charge is 0.228 e. The molecule has 3 rings (SSSR count). The van der Waals surface area contributed by atoms with Crippen molar-refractivity contribution >= 4 is 5.78 Å². The number of hydrogen-bond donors (Lipinski definition) is 0. The lowest BCUT2D eigenvalue weighted by Crippen LogP contribution is -2.30. The fourth-order valence-electron chi connectivity index (χ4n) is 3.90. The summed E-state index contributed by atoms with van der Waals surface area (Å²) < 4.78 is 33.4. The summed E-state index contributed by atoms with van der Waals surface area (Å²) in [6.07, 6.45) is 2.85. The lowest BCUT2D eigenvalue weighted by atomic mass is 9.86. The summed E-state index contributed by atoms with van der Waals surface area (Å²) in [6.45, 7) is 6.40. The van der Waals surface area contributed by atoms with Crippen LogP contribution in [0.3, 0.4) is 0 Å². The number of hydrogen-bond acceptors (Lipinski definition) is 5. The Hall–Kier alpha value is -2.67. The highest BCUT2D eigenvalue weighted by Crippen LogP contribution is 2.43. The molecule has 1 unspecified atom stereocenters. The number of ketones is 1. The highest BCUT2D eigenvalue weighted by atomic mass is 19.1. The fourth-order valence-corrected chi connectivity index (χ4v) is 3.90. The van der Waals surface area contributed by atoms with Crippen molar-refractivity contribution in [2.45, 2.75) is 39.7 Å². The molecule has 0 amide bonds. The largest absolute Gasteiger partial charge is 0.493 e. The number of aromatic nitrogens is 1. The van der Waals surface area contributed by atoms with Gasteiger partial charge in [0.1, 0.15) is 0 Å². The van der Waals surface area contributed by atoms with Crippen molar-refractivity contribution in [2.75, 3.05) is 27.4 Å². The van der Waals surface area contributed by atoms with Crippen molar-refractivity contribution in [1.82, 2.24) is 4.57 Å². The molecule has 1 aromatic heterocycles. The number of Topliss-reactive ketones (excluding diaryl/α,β-unsaturated/α-hetero) is 1. The molecule has 0 fully saturated rings. The number of halogens is 1. The molecule has 2 heterocycles. The van der Waals surface area contributed by atoms with Gasteiger partial charge in [-0.2, -0.15) is 0 Å². The van der Waals surface area contributed by atoms with Gasteiger partial charge in [0.15, 0.2) is 23.1 Å². The molecule has 6 nitrogen and oxygen atoms in total. The molecule has 0 saturated heterocycles. The molecule has 2 aromatic rings. The van der Waals surface area contributed by atoms with Crippen LogP contribution in [0.2, 0.25) is 0 Å². The minimum absolute atomic E-state index is 0.101. The maximum Gasteiger partial charge on any atom is 0.228 e. The van der Waals surface area contributed by atoms with Gasteiger partial charge in [0.2, 0.25) is 5.43 Å². The Bertz CT molecular complexity index is 1010. The van der Waals surface area contributed by atoms with Crippen LogP contribution >= 0.6 is 0 Å². The van der Waals surface area contributed by atoms with Gasteiger partial charge < -0.3 is 18.8 Å². The van der Waals surface area contributed by atoms with Crippen molar-refractivity contribution in [3.63, 3.8) is 0 Å². The Kier molecular flexibility index (Phi) is 6.61. The van der Waals surface area contributed by atoms with Crippen LogP contribution < -0.4 is 14.9 Å². The predicted octanol–water partition coefficient (Wildman–Crippen LogP) is 4.03. The first kappa shape index (κ1) is 22.0. The number of pyridine rings is 1. The van der Waals surface area contributed by atoms with Crippen LogP contribution in [-0.2, 0) is 11.2 Å². The minimum Gasteiger partial charge on any atom is -0.493 e. The molecule has 162 valence electrons. The molecule has 0 saturated carbocycles. The second kappa shape index (κ2) is 9.00. The standard InChI is InChI=1S/C23H28FNO5/c1-13(2)18-9-15-10-20(30-8-6-7-28-4)19(29-5)11-16(15)22-21(24)23(27)17(14(3)26)12-25(18)22/h10-13,18H,6-9H2,1-5H3. The van der Waals surface area contributed by atoms with E-state index >= 15 is 4.39 Å². The van der Waals surface area contributed by atoms with Gasteiger partial charge in [-0.05, 0) is 37.0 Å². The Labute approximate surface area is 175 Å². The van der Waals surface area contributed by atoms with Gasteiger partial charge in [0, 0.05) is 37.9 Å². The van der Waals surface area contributed by atoms with Crippen LogP contribution in [0, 0.1) is 11.7 Å². The summed E-state index contributed by atoms with van der Waals surface area (Å²) in [6, 6.07) is 3.47. The Morgan fingerprint density at radius 1 is 1.23 bits per heavy atom. The van der Waals surface area contributed by atoms with E-state index in [-0.39, 0.29) is 23.2 Å². The maximum atomic E-state index is 15.3. The molecule has 1 atom stereocenters. The molecule has 0 bridgehead atoms. The summed E-state index contributed by atoms with van der Waals surface area (Å²) >= 11 is 0. The van der Waals surface area contributed by atoms with Crippen LogP contribution in [0.1, 0.15) is 49.2 Å². The van der Waals surface area contributed by atoms with E-state index in [9.17, 15) is 9.59 Å². The number of nitrogens with zero attached hydrogens (tertiary/aromatic N) is 1. The summed E-state index contributed by atoms with van der Waals surface area (Å²) in [4.78, 5) is 24.4. The molecule has 0 aliphatic carbocycles. The third-order valence-electron chi connectivity index (χ3n) is 5.51. The van der Waals surface area contributed by atoms with Gasteiger partial charge in [0.25, 0.3) is 0 Å². The monoisotopic (exact) mass is 417 g/mol. The first-order valence-corrected chi connectivity index (χ1v) is 10.1. The number of benzene rings is 1. The van der Waals surface area contributed by atoms with Crippen molar-refractivity contribution in [3.05, 3.63) is 45.5 Å². The zero-order valence-corrected chi connectivity index (χ0v) is 18.1. The number of carbonyl (C=O) groups is 1. The number of carbonyl (C=O) groups excluding carboxylic acids is 1. The summed E-state index contributed by atoms with van der Waals surface area (Å²) in [7, 11) is 3.16. The molecule has 1 aromatic carbocycles. The first-order valence-electron chi connectivity index (χ1n) is 10.1. The third kappa shape index (κ3) is 3.99. The molecular weight excluding hydrogens is 389 g/mol. The topological polar surface area (TPSA) is 66.8 Å². The van der Waals surface area contributed by atoms with Crippen LogP contribution in [0.15, 0.2) is 23.1 Å². The lowest BCUT2D eigenvalue weighted by molar-refractivity contribution is 0.101. The van der Waals surface area contributed by atoms with Gasteiger partial charge in [-0.3, -0.25) is 9.59 Å². The first-order chi connectivity index (χ1) is 14.3. The quantitative estimate of drug-likeness (QED) is 0.479. The van der Waals surface area contributed by atoms with Gasteiger partial charge in [-0.25, -0.2) is 4.39 Å². The average molecular weight is 417 g/mol. The lowest BCUT2D eigenvalue weighted by Gasteiger charge is -2.34. The van der Waals surface area contributed by atoms with E-state index < -0.39 is 17.0 Å². The summed E-state index contributed by atoms with van der Waals surface area (Å²) in [5, 5.41) is 0. The van der Waals surface area contributed by atoms with E-state index in [4.69, 9.17) is 14.2 Å². The van der Waals surface area contributed by atoms with Crippen LogP contribution in [0.25, 0.3) is 11.3 Å². The van der Waals surface area contributed by atoms with Gasteiger partial charge >= 0.3 is 0 Å². The number of rotatable bonds is 8. The van der Waals surface area contributed by atoms with E-state index in [2.05, 4.69) is 0 Å². The fraction of sp³-hybridized carbons (Fsp3) is 0.478. The van der Waals surface area contributed by atoms with Crippen molar-refractivity contribution in [1.29, 1.82) is 0 Å². The van der Waals surface area contributed by atoms with Crippen molar-refractivity contribution in [3.8, 4) is 22.8 Å². The second-order valence-electron chi connectivity index (χ2n) is 7.87. The number of ether oxygens (including phenoxy) is 3. The maximum absolute atomic E-state index is 15.3. The number of fused-ring (bicyclic) bond motifs is 3. The van der Waals surface area contributed by atoms with Gasteiger partial charge in [0.05, 0.1) is 25.0 Å². The Morgan fingerprint density at radius 3 is 2.57 bits per heavy atom. The van der Waals surface area contributed by atoms with E-state index in [0.29, 0.717) is 36.7 Å². The van der Waals surface area contributed by atoms with E-state index in [0.717, 1.165) is 12.0 Å². The highest BCUT2D eigenvalue weighted by Gasteiger charge is 2.32. The van der Waals surface area contributed by atoms with Crippen LogP contribution in [-0.4, -0.2) is 37.8 Å². The Morgan fingerprint density at radius 2 is 1.97 bits per heavy atom. The molecule has 7 heteroatoms. The van der Waals surface area contributed by atoms with E-state index in [1.54, 1.807) is 17.7 Å². The minimum atomic E-state index is -0.912. The molecule has 0 spiro atoms. The third-order valence-corrected chi connectivity index (χ3v) is 5.51. The molecule has 1 aliphatic rings. The molecular formula is C23H28FNO5. The second-order valence-corrected chi connectivity index (χ2v) is 7.87. The van der Waals surface area contributed by atoms with Crippen molar-refractivity contribution in [2.24, 2.45) is 5.92 Å². The highest BCUT2D eigenvalue weighted by molar-refractivity contribution is 5.94. The zero-order valence-electron chi connectivity index (χ0n) is 18.1. The summed E-state index contributed by atoms with van der Waals surface area (Å²) in [5.41, 5.74) is 0.648. The SMILES string of the molecule is COCCCOc1cc2c(cc1OC)-c1c(F)c(=O)c(C(C)=O)cn1C(C(C)C)C2. The Balaban J connectivity index is 2.17. The van der Waals surface area contributed by atoms with E-state index in [1.165, 1.54) is 20.2 Å². The molecule has 0 radical (unpaired) electrons. The van der Waals surface area contributed by atoms with Gasteiger partial charge in [-0.1, -0.05) is 13.8 Å². The summed E-state index contributed by atoms with van der Waals surface area (Å²) in [5.74, 6) is -0.161. The van der Waals surface area contributed by atoms with Crippen molar-refractivity contribution < 1.29 is 23.4 Å². The van der Waals surface area contributed by atoms with E-state index in [1.807, 2.05) is 19.9 Å². The van der Waals surface area contributed by atoms with Crippen LogP contribution in [0.5, 0.6) is 11.5 Å². The molecule has 1 aliphatic heterocycles. The van der Waals surface area contributed by atoms with Crippen LogP contribution in [0.4, 0.5) is 4.39 Å². The normalized spacial score (nSPS) is 15.0. The zero-order chi connectivity index (χ0) is 22.0. The molecule has 30 heavy (non-hydrogen) atoms. The number of methoxy groups -OCH3 is 2.